The Morgan fingerprint density at radius 2 is 1.74 bits per heavy atom. The fraction of sp³-hybridized carbons (Fsp3) is 0.304. The molecule has 0 saturated carbocycles. The predicted octanol–water partition coefficient (Wildman–Crippen LogP) is 5.25. The van der Waals surface area contributed by atoms with Crippen molar-refractivity contribution in [1.29, 1.82) is 0 Å². The molecule has 2 aromatic carbocycles. The molecule has 1 unspecified atom stereocenters. The number of halogens is 5. The zero-order valence-electron chi connectivity index (χ0n) is 18.8. The van der Waals surface area contributed by atoms with Crippen molar-refractivity contribution in [1.82, 2.24) is 20.1 Å². The number of ketones is 1. The molecular formula is C23H21Cl2F3N4O3. The van der Waals surface area contributed by atoms with Gasteiger partial charge in [-0.3, -0.25) is 9.59 Å². The van der Waals surface area contributed by atoms with Crippen LogP contribution in [0, 0.1) is 5.41 Å². The van der Waals surface area contributed by atoms with Gasteiger partial charge < -0.3 is 10.4 Å². The number of aromatic nitrogens is 3. The number of hydrogen-bond donors (Lipinski definition) is 2. The van der Waals surface area contributed by atoms with Crippen molar-refractivity contribution < 1.29 is 27.9 Å². The Labute approximate surface area is 208 Å². The number of rotatable bonds is 6. The van der Waals surface area contributed by atoms with Crippen LogP contribution in [0.15, 0.2) is 42.7 Å². The number of amides is 1. The first-order chi connectivity index (χ1) is 16.2. The van der Waals surface area contributed by atoms with Crippen molar-refractivity contribution >= 4 is 34.9 Å². The van der Waals surface area contributed by atoms with E-state index in [1.807, 2.05) is 0 Å². The molecule has 12 heteroatoms. The van der Waals surface area contributed by atoms with Gasteiger partial charge in [0.1, 0.15) is 6.33 Å². The Morgan fingerprint density at radius 3 is 2.31 bits per heavy atom. The number of alkyl halides is 3. The van der Waals surface area contributed by atoms with Crippen LogP contribution in [-0.4, -0.2) is 37.6 Å². The third-order valence-corrected chi connectivity index (χ3v) is 5.59. The Morgan fingerprint density at radius 1 is 1.11 bits per heavy atom. The molecule has 186 valence electrons. The van der Waals surface area contributed by atoms with Gasteiger partial charge in [0.05, 0.1) is 27.3 Å². The lowest BCUT2D eigenvalue weighted by atomic mass is 9.84. The molecule has 1 atom stereocenters. The molecule has 0 aliphatic rings. The number of nitrogens with zero attached hydrogens (tertiary/aromatic N) is 3. The molecule has 3 rings (SSSR count). The highest BCUT2D eigenvalue weighted by Gasteiger charge is 2.34. The van der Waals surface area contributed by atoms with E-state index in [0.29, 0.717) is 5.69 Å². The molecule has 1 aromatic heterocycles. The second-order valence-corrected chi connectivity index (χ2v) is 9.63. The van der Waals surface area contributed by atoms with Crippen LogP contribution in [-0.2, 0) is 17.4 Å². The van der Waals surface area contributed by atoms with Gasteiger partial charge in [-0.05, 0) is 30.2 Å². The summed E-state index contributed by atoms with van der Waals surface area (Å²) in [6.07, 6.45) is -3.49. The molecule has 3 aromatic rings. The van der Waals surface area contributed by atoms with Crippen LogP contribution >= 0.6 is 23.2 Å². The fourth-order valence-electron chi connectivity index (χ4n) is 3.24. The molecule has 0 radical (unpaired) electrons. The highest BCUT2D eigenvalue weighted by Crippen LogP contribution is 2.34. The average molecular weight is 529 g/mol. The Balaban J connectivity index is 1.86. The van der Waals surface area contributed by atoms with E-state index in [2.05, 4.69) is 15.4 Å². The summed E-state index contributed by atoms with van der Waals surface area (Å²) in [6, 6.07) is 6.17. The van der Waals surface area contributed by atoms with Crippen molar-refractivity contribution in [3.8, 4) is 11.4 Å². The maximum Gasteiger partial charge on any atom is 0.416 e. The summed E-state index contributed by atoms with van der Waals surface area (Å²) >= 11 is 11.8. The van der Waals surface area contributed by atoms with Gasteiger partial charge in [0, 0.05) is 5.41 Å². The number of Topliss-reactive ketones (excluding diaryl/α,β-unsaturated/α-hetero) is 1. The van der Waals surface area contributed by atoms with Crippen molar-refractivity contribution in [3.05, 3.63) is 69.7 Å². The summed E-state index contributed by atoms with van der Waals surface area (Å²) in [4.78, 5) is 29.8. The molecule has 0 saturated heterocycles. The lowest BCUT2D eigenvalue weighted by molar-refractivity contribution is -0.137. The fourth-order valence-corrected chi connectivity index (χ4v) is 3.72. The van der Waals surface area contributed by atoms with E-state index in [-0.39, 0.29) is 39.4 Å². The zero-order chi connectivity index (χ0) is 26.1. The highest BCUT2D eigenvalue weighted by molar-refractivity contribution is 6.37. The second-order valence-electron chi connectivity index (χ2n) is 8.81. The molecule has 2 N–H and O–H groups in total. The monoisotopic (exact) mass is 528 g/mol. The van der Waals surface area contributed by atoms with E-state index in [1.54, 1.807) is 20.8 Å². The van der Waals surface area contributed by atoms with Gasteiger partial charge in [-0.2, -0.15) is 13.2 Å². The number of hydrogen-bond acceptors (Lipinski definition) is 5. The van der Waals surface area contributed by atoms with E-state index in [1.165, 1.54) is 35.3 Å². The second kappa shape index (κ2) is 9.87. The summed E-state index contributed by atoms with van der Waals surface area (Å²) in [5.74, 6) is -1.77. The minimum absolute atomic E-state index is 0.0362. The maximum absolute atomic E-state index is 13.1. The zero-order valence-corrected chi connectivity index (χ0v) is 20.3. The molecule has 0 bridgehead atoms. The molecule has 7 nitrogen and oxygen atoms in total. The molecule has 35 heavy (non-hydrogen) atoms. The summed E-state index contributed by atoms with van der Waals surface area (Å²) < 4.78 is 40.5. The smallest absolute Gasteiger partial charge is 0.416 e. The van der Waals surface area contributed by atoms with Crippen molar-refractivity contribution in [2.45, 2.75) is 39.4 Å². The maximum atomic E-state index is 13.1. The largest absolute Gasteiger partial charge is 0.505 e. The summed E-state index contributed by atoms with van der Waals surface area (Å²) in [7, 11) is 0. The topological polar surface area (TPSA) is 97.1 Å². The summed E-state index contributed by atoms with van der Waals surface area (Å²) in [5.41, 5.74) is -1.19. The minimum Gasteiger partial charge on any atom is -0.505 e. The quantitative estimate of drug-likeness (QED) is 0.455. The number of phenolic OH excluding ortho intramolecular Hbond substituents is 1. The Kier molecular flexibility index (Phi) is 7.47. The molecule has 0 spiro atoms. The van der Waals surface area contributed by atoms with Crippen LogP contribution in [0.5, 0.6) is 5.75 Å². The average Bonchev–Trinajstić information content (AvgIpc) is 3.25. The van der Waals surface area contributed by atoms with E-state index >= 15 is 0 Å². The third-order valence-electron chi connectivity index (χ3n) is 5.02. The van der Waals surface area contributed by atoms with Gasteiger partial charge in [-0.1, -0.05) is 62.2 Å². The van der Waals surface area contributed by atoms with Gasteiger partial charge in [-0.15, -0.1) is 5.10 Å². The number of aromatic hydroxyl groups is 1. The van der Waals surface area contributed by atoms with Crippen molar-refractivity contribution in [2.75, 3.05) is 0 Å². The molecule has 1 heterocycles. The lowest BCUT2D eigenvalue weighted by Gasteiger charge is -2.25. The Bertz CT molecular complexity index is 1250. The minimum atomic E-state index is -4.54. The number of carbonyl (C=O) groups excluding carboxylic acids is 2. The standard InChI is InChI=1S/C23H21Cl2F3N4O3/c1-22(2,3)19(34)17(8-12-5-4-6-13(7-12)23(26,27)28)30-21(35)20-29-11-32(31-20)14-9-15(24)18(33)16(25)10-14/h4-7,9-11,17,33H,8H2,1-3H3,(H,30,35). The molecule has 0 fully saturated rings. The SMILES string of the molecule is CC(C)(C)C(=O)C(Cc1cccc(C(F)(F)F)c1)NC(=O)c1ncn(-c2cc(Cl)c(O)c(Cl)c2)n1. The lowest BCUT2D eigenvalue weighted by Crippen LogP contribution is -2.47. The number of nitrogens with one attached hydrogen (secondary N) is 1. The molecule has 0 aliphatic carbocycles. The van der Waals surface area contributed by atoms with Gasteiger partial charge in [0.25, 0.3) is 5.91 Å². The first kappa shape index (κ1) is 26.5. The number of benzene rings is 2. The highest BCUT2D eigenvalue weighted by atomic mass is 35.5. The molecule has 0 aliphatic heterocycles. The first-order valence-electron chi connectivity index (χ1n) is 10.3. The van der Waals surface area contributed by atoms with E-state index in [4.69, 9.17) is 23.2 Å². The number of carbonyl (C=O) groups is 2. The van der Waals surface area contributed by atoms with Crippen LogP contribution in [0.25, 0.3) is 5.69 Å². The van der Waals surface area contributed by atoms with Gasteiger partial charge >= 0.3 is 6.18 Å². The van der Waals surface area contributed by atoms with Crippen LogP contribution < -0.4 is 5.32 Å². The van der Waals surface area contributed by atoms with Crippen LogP contribution in [0.3, 0.4) is 0 Å². The summed E-state index contributed by atoms with van der Waals surface area (Å²) in [6.45, 7) is 4.93. The number of phenols is 1. The van der Waals surface area contributed by atoms with Crippen LogP contribution in [0.1, 0.15) is 42.5 Å². The summed E-state index contributed by atoms with van der Waals surface area (Å²) in [5, 5.41) is 16.2. The van der Waals surface area contributed by atoms with Gasteiger partial charge in [0.15, 0.2) is 11.5 Å². The van der Waals surface area contributed by atoms with Gasteiger partial charge in [-0.25, -0.2) is 9.67 Å². The van der Waals surface area contributed by atoms with Crippen LogP contribution in [0.2, 0.25) is 10.0 Å². The normalized spacial score (nSPS) is 12.9. The van der Waals surface area contributed by atoms with Gasteiger partial charge in [0.2, 0.25) is 5.82 Å². The van der Waals surface area contributed by atoms with E-state index in [0.717, 1.165) is 12.1 Å². The molecule has 1 amide bonds. The van der Waals surface area contributed by atoms with E-state index < -0.39 is 29.1 Å². The van der Waals surface area contributed by atoms with E-state index in [9.17, 15) is 27.9 Å². The Hall–Kier alpha value is -3.11. The first-order valence-corrected chi connectivity index (χ1v) is 11.0. The predicted molar refractivity (Wildman–Crippen MR) is 124 cm³/mol. The van der Waals surface area contributed by atoms with Crippen molar-refractivity contribution in [3.63, 3.8) is 0 Å². The van der Waals surface area contributed by atoms with Crippen LogP contribution in [0.4, 0.5) is 13.2 Å². The van der Waals surface area contributed by atoms with Crippen molar-refractivity contribution in [2.24, 2.45) is 5.41 Å². The third kappa shape index (κ3) is 6.32. The molecular weight excluding hydrogens is 508 g/mol.